The van der Waals surface area contributed by atoms with Gasteiger partial charge in [-0.2, -0.15) is 0 Å². The Bertz CT molecular complexity index is 293. The SMILES string of the molecule is CN=C(NCC(C)CN1CCOCC1)NC(C)C(C)C.I. The standard InChI is InChI=1S/C15H32N4O.HI/c1-12(2)14(4)18-15(16-5)17-10-13(3)11-19-6-8-20-9-7-19;/h12-14H,6-11H2,1-5H3,(H2,16,17,18);1H. The van der Waals surface area contributed by atoms with E-state index in [1.54, 1.807) is 0 Å². The summed E-state index contributed by atoms with van der Waals surface area (Å²) in [5.74, 6) is 2.10. The van der Waals surface area contributed by atoms with Crippen LogP contribution in [0.2, 0.25) is 0 Å². The third-order valence-corrected chi connectivity index (χ3v) is 3.88. The van der Waals surface area contributed by atoms with Crippen molar-refractivity contribution in [2.45, 2.75) is 33.7 Å². The van der Waals surface area contributed by atoms with Crippen molar-refractivity contribution in [2.24, 2.45) is 16.8 Å². The fraction of sp³-hybridized carbons (Fsp3) is 0.933. The minimum atomic E-state index is 0. The predicted molar refractivity (Wildman–Crippen MR) is 101 cm³/mol. The number of halogens is 1. The van der Waals surface area contributed by atoms with Crippen molar-refractivity contribution in [2.75, 3.05) is 46.4 Å². The molecular formula is C15H33IN4O. The van der Waals surface area contributed by atoms with E-state index in [0.29, 0.717) is 17.9 Å². The maximum Gasteiger partial charge on any atom is 0.191 e. The van der Waals surface area contributed by atoms with E-state index in [9.17, 15) is 0 Å². The molecule has 0 saturated carbocycles. The van der Waals surface area contributed by atoms with Gasteiger partial charge in [-0.05, 0) is 18.8 Å². The summed E-state index contributed by atoms with van der Waals surface area (Å²) >= 11 is 0. The molecular weight excluding hydrogens is 379 g/mol. The molecule has 1 heterocycles. The Hall–Kier alpha value is -0.0800. The topological polar surface area (TPSA) is 48.9 Å². The molecule has 0 aromatic carbocycles. The van der Waals surface area contributed by atoms with Crippen molar-refractivity contribution in [1.82, 2.24) is 15.5 Å². The molecule has 126 valence electrons. The van der Waals surface area contributed by atoms with E-state index in [4.69, 9.17) is 4.74 Å². The molecule has 0 spiro atoms. The van der Waals surface area contributed by atoms with Gasteiger partial charge in [0.15, 0.2) is 5.96 Å². The number of hydrogen-bond donors (Lipinski definition) is 2. The average molecular weight is 412 g/mol. The highest BCUT2D eigenvalue weighted by Gasteiger charge is 2.14. The predicted octanol–water partition coefficient (Wildman–Crippen LogP) is 1.78. The smallest absolute Gasteiger partial charge is 0.191 e. The van der Waals surface area contributed by atoms with Gasteiger partial charge in [0, 0.05) is 39.3 Å². The van der Waals surface area contributed by atoms with Crippen molar-refractivity contribution < 1.29 is 4.74 Å². The van der Waals surface area contributed by atoms with E-state index < -0.39 is 0 Å². The first-order valence-corrected chi connectivity index (χ1v) is 7.80. The zero-order valence-corrected chi connectivity index (χ0v) is 16.5. The highest BCUT2D eigenvalue weighted by molar-refractivity contribution is 14.0. The third-order valence-electron chi connectivity index (χ3n) is 3.88. The molecule has 21 heavy (non-hydrogen) atoms. The van der Waals surface area contributed by atoms with Gasteiger partial charge in [-0.25, -0.2) is 0 Å². The lowest BCUT2D eigenvalue weighted by molar-refractivity contribution is 0.0320. The van der Waals surface area contributed by atoms with E-state index in [1.165, 1.54) is 0 Å². The number of guanidine groups is 1. The van der Waals surface area contributed by atoms with Gasteiger partial charge in [0.05, 0.1) is 13.2 Å². The number of ether oxygens (including phenoxy) is 1. The molecule has 0 aromatic rings. The Morgan fingerprint density at radius 3 is 2.33 bits per heavy atom. The number of morpholine rings is 1. The first-order chi connectivity index (χ1) is 9.52. The molecule has 1 aliphatic rings. The van der Waals surface area contributed by atoms with Gasteiger partial charge < -0.3 is 15.4 Å². The number of hydrogen-bond acceptors (Lipinski definition) is 3. The molecule has 1 rings (SSSR count). The Morgan fingerprint density at radius 2 is 1.81 bits per heavy atom. The van der Waals surface area contributed by atoms with Gasteiger partial charge in [-0.1, -0.05) is 20.8 Å². The molecule has 5 nitrogen and oxygen atoms in total. The second kappa shape index (κ2) is 11.5. The van der Waals surface area contributed by atoms with Gasteiger partial charge in [0.25, 0.3) is 0 Å². The van der Waals surface area contributed by atoms with Crippen LogP contribution in [-0.4, -0.2) is 63.3 Å². The summed E-state index contributed by atoms with van der Waals surface area (Å²) in [4.78, 5) is 6.76. The molecule has 1 aliphatic heterocycles. The zero-order valence-electron chi connectivity index (χ0n) is 14.2. The number of nitrogens with one attached hydrogen (secondary N) is 2. The van der Waals surface area contributed by atoms with Crippen molar-refractivity contribution in [3.05, 3.63) is 0 Å². The van der Waals surface area contributed by atoms with Gasteiger partial charge in [-0.3, -0.25) is 9.89 Å². The van der Waals surface area contributed by atoms with Gasteiger partial charge >= 0.3 is 0 Å². The maximum absolute atomic E-state index is 5.38. The van der Waals surface area contributed by atoms with Crippen LogP contribution in [0.1, 0.15) is 27.7 Å². The average Bonchev–Trinajstić information content (AvgIpc) is 2.44. The number of rotatable bonds is 6. The van der Waals surface area contributed by atoms with E-state index in [1.807, 2.05) is 7.05 Å². The number of nitrogens with zero attached hydrogens (tertiary/aromatic N) is 2. The first kappa shape index (κ1) is 20.9. The van der Waals surface area contributed by atoms with Crippen LogP contribution in [0.15, 0.2) is 4.99 Å². The van der Waals surface area contributed by atoms with Crippen molar-refractivity contribution in [3.8, 4) is 0 Å². The Kier molecular flexibility index (Phi) is 11.4. The Labute approximate surface area is 147 Å². The van der Waals surface area contributed by atoms with Crippen molar-refractivity contribution in [1.29, 1.82) is 0 Å². The molecule has 1 fully saturated rings. The third kappa shape index (κ3) is 8.83. The molecule has 2 atom stereocenters. The van der Waals surface area contributed by atoms with Crippen molar-refractivity contribution in [3.63, 3.8) is 0 Å². The maximum atomic E-state index is 5.38. The fourth-order valence-corrected chi connectivity index (χ4v) is 2.14. The van der Waals surface area contributed by atoms with E-state index in [0.717, 1.165) is 45.4 Å². The molecule has 2 N–H and O–H groups in total. The van der Waals surface area contributed by atoms with E-state index >= 15 is 0 Å². The molecule has 0 aromatic heterocycles. The van der Waals surface area contributed by atoms with Gasteiger partial charge in [-0.15, -0.1) is 24.0 Å². The largest absolute Gasteiger partial charge is 0.379 e. The van der Waals surface area contributed by atoms with E-state index in [-0.39, 0.29) is 24.0 Å². The molecule has 0 aliphatic carbocycles. The zero-order chi connectivity index (χ0) is 15.0. The second-order valence-electron chi connectivity index (χ2n) is 6.15. The quantitative estimate of drug-likeness (QED) is 0.397. The highest BCUT2D eigenvalue weighted by Crippen LogP contribution is 2.03. The molecule has 0 amide bonds. The van der Waals surface area contributed by atoms with Crippen LogP contribution in [0, 0.1) is 11.8 Å². The van der Waals surface area contributed by atoms with E-state index in [2.05, 4.69) is 48.2 Å². The minimum absolute atomic E-state index is 0. The summed E-state index contributed by atoms with van der Waals surface area (Å²) in [6, 6.07) is 0.427. The first-order valence-electron chi connectivity index (χ1n) is 7.80. The van der Waals surface area contributed by atoms with Crippen LogP contribution in [0.25, 0.3) is 0 Å². The molecule has 0 radical (unpaired) electrons. The van der Waals surface area contributed by atoms with Crippen LogP contribution in [0.4, 0.5) is 0 Å². The summed E-state index contributed by atoms with van der Waals surface area (Å²) in [6.45, 7) is 14.8. The minimum Gasteiger partial charge on any atom is -0.379 e. The molecule has 6 heteroatoms. The van der Waals surface area contributed by atoms with Crippen LogP contribution < -0.4 is 10.6 Å². The van der Waals surface area contributed by atoms with Crippen LogP contribution in [-0.2, 0) is 4.74 Å². The normalized spacial score (nSPS) is 19.8. The summed E-state index contributed by atoms with van der Waals surface area (Å²) in [5.41, 5.74) is 0. The van der Waals surface area contributed by atoms with Gasteiger partial charge in [0.2, 0.25) is 0 Å². The second-order valence-corrected chi connectivity index (χ2v) is 6.15. The highest BCUT2D eigenvalue weighted by atomic mass is 127. The molecule has 2 unspecified atom stereocenters. The fourth-order valence-electron chi connectivity index (χ4n) is 2.14. The number of aliphatic imine (C=N–C) groups is 1. The summed E-state index contributed by atoms with van der Waals surface area (Å²) in [7, 11) is 1.83. The Balaban J connectivity index is 0.00000400. The molecule has 1 saturated heterocycles. The Morgan fingerprint density at radius 1 is 1.19 bits per heavy atom. The van der Waals surface area contributed by atoms with Gasteiger partial charge in [0.1, 0.15) is 0 Å². The lowest BCUT2D eigenvalue weighted by Crippen LogP contribution is -2.47. The van der Waals surface area contributed by atoms with Crippen molar-refractivity contribution >= 4 is 29.9 Å². The van der Waals surface area contributed by atoms with Crippen LogP contribution in [0.3, 0.4) is 0 Å². The summed E-state index contributed by atoms with van der Waals surface area (Å²) < 4.78 is 5.38. The lowest BCUT2D eigenvalue weighted by Gasteiger charge is -2.29. The molecule has 0 bridgehead atoms. The lowest BCUT2D eigenvalue weighted by atomic mass is 10.1. The summed E-state index contributed by atoms with van der Waals surface area (Å²) in [6.07, 6.45) is 0. The van der Waals surface area contributed by atoms with Crippen LogP contribution >= 0.6 is 24.0 Å². The monoisotopic (exact) mass is 412 g/mol. The van der Waals surface area contributed by atoms with Crippen LogP contribution in [0.5, 0.6) is 0 Å². The summed E-state index contributed by atoms with van der Waals surface area (Å²) in [5, 5.41) is 6.86.